The molecular weight excluding hydrogens is 424 g/mol. The van der Waals surface area contributed by atoms with E-state index < -0.39 is 11.6 Å². The normalized spacial score (nSPS) is 23.1. The quantitative estimate of drug-likeness (QED) is 0.725. The molecule has 4 aliphatic rings. The summed E-state index contributed by atoms with van der Waals surface area (Å²) in [5, 5.41) is 3.29. The van der Waals surface area contributed by atoms with E-state index in [1.165, 1.54) is 0 Å². The zero-order valence-corrected chi connectivity index (χ0v) is 18.5. The second-order valence-corrected chi connectivity index (χ2v) is 8.80. The minimum atomic E-state index is -0.688. The van der Waals surface area contributed by atoms with Crippen molar-refractivity contribution in [2.24, 2.45) is 0 Å². The van der Waals surface area contributed by atoms with Crippen LogP contribution in [-0.2, 0) is 30.4 Å². The fraction of sp³-hybridized carbons (Fsp3) is 0.640. The predicted molar refractivity (Wildman–Crippen MR) is 123 cm³/mol. The number of benzene rings is 1. The number of likely N-dealkylation sites (tertiary alicyclic amines) is 1. The van der Waals surface area contributed by atoms with E-state index in [0.717, 1.165) is 38.2 Å². The second kappa shape index (κ2) is 11.2. The van der Waals surface area contributed by atoms with Crippen molar-refractivity contribution < 1.29 is 28.6 Å². The number of ether oxygens (including phenoxy) is 3. The summed E-state index contributed by atoms with van der Waals surface area (Å²) in [6, 6.07) is 9.55. The van der Waals surface area contributed by atoms with Crippen molar-refractivity contribution >= 4 is 17.7 Å². The molecular formula is C25H36N2O6. The van der Waals surface area contributed by atoms with Crippen LogP contribution in [0.1, 0.15) is 51.5 Å². The lowest BCUT2D eigenvalue weighted by Gasteiger charge is -2.38. The molecule has 0 atom stereocenters. The maximum Gasteiger partial charge on any atom is 0.410 e. The van der Waals surface area contributed by atoms with Crippen molar-refractivity contribution in [3.8, 4) is 0 Å². The molecule has 0 saturated carbocycles. The van der Waals surface area contributed by atoms with Gasteiger partial charge in [0.05, 0.1) is 5.54 Å². The van der Waals surface area contributed by atoms with Crippen LogP contribution >= 0.6 is 0 Å². The lowest BCUT2D eigenvalue weighted by Crippen LogP contribution is -2.54. The summed E-state index contributed by atoms with van der Waals surface area (Å²) in [4.78, 5) is 37.6. The fourth-order valence-electron chi connectivity index (χ4n) is 5.06. The van der Waals surface area contributed by atoms with Gasteiger partial charge in [-0.3, -0.25) is 14.5 Å². The van der Waals surface area contributed by atoms with Crippen LogP contribution in [0.3, 0.4) is 0 Å². The number of carbonyl (C=O) groups is 3. The number of Topliss-reactive ketones (excluding diaryl/α,β-unsaturated/α-hetero) is 2. The predicted octanol–water partition coefficient (Wildman–Crippen LogP) is 2.88. The third-order valence-corrected chi connectivity index (χ3v) is 7.04. The molecule has 0 unspecified atom stereocenters. The molecule has 0 aliphatic carbocycles. The van der Waals surface area contributed by atoms with Crippen LogP contribution in [0.15, 0.2) is 30.3 Å². The van der Waals surface area contributed by atoms with E-state index in [-0.39, 0.29) is 25.4 Å². The third-order valence-electron chi connectivity index (χ3n) is 7.04. The van der Waals surface area contributed by atoms with Gasteiger partial charge in [0.1, 0.15) is 12.1 Å². The Morgan fingerprint density at radius 1 is 0.939 bits per heavy atom. The zero-order chi connectivity index (χ0) is 22.4. The van der Waals surface area contributed by atoms with Crippen molar-refractivity contribution in [2.75, 3.05) is 39.5 Å². The van der Waals surface area contributed by atoms with Crippen molar-refractivity contribution in [1.82, 2.24) is 10.2 Å². The number of carbonyl (C=O) groups excluding carboxylic acids is 3. The maximum atomic E-state index is 12.3. The monoisotopic (exact) mass is 460 g/mol. The maximum absolute atomic E-state index is 12.3. The van der Waals surface area contributed by atoms with Crippen LogP contribution in [0.4, 0.5) is 4.79 Å². The lowest BCUT2D eigenvalue weighted by molar-refractivity contribution is -0.129. The molecule has 0 radical (unpaired) electrons. The van der Waals surface area contributed by atoms with Gasteiger partial charge < -0.3 is 19.5 Å². The van der Waals surface area contributed by atoms with Crippen LogP contribution in [0.25, 0.3) is 0 Å². The van der Waals surface area contributed by atoms with Gasteiger partial charge in [0.15, 0.2) is 11.6 Å². The van der Waals surface area contributed by atoms with Gasteiger partial charge in [0, 0.05) is 65.2 Å². The molecule has 4 aliphatic heterocycles. The van der Waals surface area contributed by atoms with Crippen LogP contribution in [0.5, 0.6) is 0 Å². The van der Waals surface area contributed by atoms with Gasteiger partial charge in [-0.25, -0.2) is 4.79 Å². The minimum Gasteiger partial charge on any atom is -0.445 e. The first kappa shape index (κ1) is 25.3. The van der Waals surface area contributed by atoms with Gasteiger partial charge in [0.25, 0.3) is 0 Å². The Kier molecular flexibility index (Phi) is 8.62. The highest BCUT2D eigenvalue weighted by Gasteiger charge is 2.51. The van der Waals surface area contributed by atoms with Crippen LogP contribution in [-0.4, -0.2) is 73.2 Å². The van der Waals surface area contributed by atoms with Gasteiger partial charge in [-0.15, -0.1) is 0 Å². The first-order valence-corrected chi connectivity index (χ1v) is 11.5. The average molecular weight is 461 g/mol. The summed E-state index contributed by atoms with van der Waals surface area (Å²) in [6.45, 7) is 4.06. The van der Waals surface area contributed by atoms with Crippen LogP contribution in [0.2, 0.25) is 0 Å². The van der Waals surface area contributed by atoms with E-state index in [9.17, 15) is 14.4 Å². The van der Waals surface area contributed by atoms with E-state index >= 15 is 0 Å². The largest absolute Gasteiger partial charge is 0.445 e. The van der Waals surface area contributed by atoms with Crippen molar-refractivity contribution in [3.05, 3.63) is 35.9 Å². The number of ketones is 2. The molecule has 1 aromatic carbocycles. The summed E-state index contributed by atoms with van der Waals surface area (Å²) in [5.41, 5.74) is 0.0713. The molecule has 1 N–H and O–H groups in total. The van der Waals surface area contributed by atoms with Gasteiger partial charge in [-0.2, -0.15) is 0 Å². The summed E-state index contributed by atoms with van der Waals surface area (Å²) >= 11 is 0. The van der Waals surface area contributed by atoms with E-state index in [1.54, 1.807) is 4.90 Å². The van der Waals surface area contributed by atoms with E-state index in [2.05, 4.69) is 5.32 Å². The van der Waals surface area contributed by atoms with Gasteiger partial charge >= 0.3 is 6.09 Å². The Labute approximate surface area is 195 Å². The van der Waals surface area contributed by atoms with Crippen LogP contribution < -0.4 is 5.32 Å². The Hall–Kier alpha value is -2.29. The number of hydrogen-bond acceptors (Lipinski definition) is 7. The SMILES string of the molecule is C.O=C(OCc1ccccc1)N1CCC(=O)C12CCOCC2.O=C1CCNC12CCOCC2. The van der Waals surface area contributed by atoms with Gasteiger partial charge in [-0.1, -0.05) is 37.8 Å². The number of nitrogens with zero attached hydrogens (tertiary/aromatic N) is 1. The second-order valence-electron chi connectivity index (χ2n) is 8.80. The molecule has 1 aromatic rings. The Morgan fingerprint density at radius 2 is 1.58 bits per heavy atom. The van der Waals surface area contributed by atoms with E-state index in [0.29, 0.717) is 51.2 Å². The number of rotatable bonds is 2. The molecule has 0 bridgehead atoms. The first-order chi connectivity index (χ1) is 15.6. The molecule has 4 saturated heterocycles. The van der Waals surface area contributed by atoms with Gasteiger partial charge in [-0.05, 0) is 18.4 Å². The minimum absolute atomic E-state index is 0. The third kappa shape index (κ3) is 5.45. The molecule has 8 nitrogen and oxygen atoms in total. The lowest BCUT2D eigenvalue weighted by atomic mass is 9.86. The molecule has 4 heterocycles. The molecule has 1 amide bonds. The Balaban J connectivity index is 0.000000215. The van der Waals surface area contributed by atoms with E-state index in [4.69, 9.17) is 14.2 Å². The summed E-state index contributed by atoms with van der Waals surface area (Å²) in [7, 11) is 0. The molecule has 4 fully saturated rings. The summed E-state index contributed by atoms with van der Waals surface area (Å²) in [5.74, 6) is 0.531. The Morgan fingerprint density at radius 3 is 2.18 bits per heavy atom. The number of amides is 1. The zero-order valence-electron chi connectivity index (χ0n) is 18.5. The molecule has 2 spiro atoms. The van der Waals surface area contributed by atoms with Crippen LogP contribution in [0, 0.1) is 0 Å². The van der Waals surface area contributed by atoms with Gasteiger partial charge in [0.2, 0.25) is 0 Å². The fourth-order valence-corrected chi connectivity index (χ4v) is 5.06. The highest BCUT2D eigenvalue weighted by molar-refractivity contribution is 5.95. The summed E-state index contributed by atoms with van der Waals surface area (Å²) in [6.07, 6.45) is 3.61. The molecule has 8 heteroatoms. The first-order valence-electron chi connectivity index (χ1n) is 11.5. The molecule has 5 rings (SSSR count). The standard InChI is InChI=1S/C16H19NO4.C8H13NO2.CH4/c18-14-6-9-17(16(14)7-10-20-11-8-16)15(19)21-12-13-4-2-1-3-5-13;10-7-1-4-9-8(7)2-5-11-6-3-8;/h1-5H,6-12H2;9H,1-6H2;1H4. The number of hydrogen-bond donors (Lipinski definition) is 1. The molecule has 33 heavy (non-hydrogen) atoms. The Bertz CT molecular complexity index is 815. The summed E-state index contributed by atoms with van der Waals surface area (Å²) < 4.78 is 15.9. The average Bonchev–Trinajstić information content (AvgIpc) is 3.34. The number of nitrogens with one attached hydrogen (secondary N) is 1. The van der Waals surface area contributed by atoms with Crippen molar-refractivity contribution in [3.63, 3.8) is 0 Å². The van der Waals surface area contributed by atoms with Crippen molar-refractivity contribution in [2.45, 2.75) is 63.6 Å². The topological polar surface area (TPSA) is 94.2 Å². The molecule has 0 aromatic heterocycles. The smallest absolute Gasteiger partial charge is 0.410 e. The molecule has 182 valence electrons. The highest BCUT2D eigenvalue weighted by atomic mass is 16.6. The van der Waals surface area contributed by atoms with E-state index in [1.807, 2.05) is 30.3 Å². The van der Waals surface area contributed by atoms with Crippen molar-refractivity contribution in [1.29, 1.82) is 0 Å². The highest BCUT2D eigenvalue weighted by Crippen LogP contribution is 2.35.